The molecular weight excluding hydrogens is 380 g/mol. The van der Waals surface area contributed by atoms with Crippen molar-refractivity contribution in [2.24, 2.45) is 11.8 Å². The summed E-state index contributed by atoms with van der Waals surface area (Å²) < 4.78 is 16.6. The molecule has 2 saturated heterocycles. The maximum atomic E-state index is 12.6. The molecule has 2 aliphatic heterocycles. The molecule has 4 fully saturated rings. The monoisotopic (exact) mass is 402 g/mol. The third-order valence-corrected chi connectivity index (χ3v) is 5.62. The molecule has 7 heteroatoms. The minimum atomic E-state index is -0.913. The predicted octanol–water partition coefficient (Wildman–Crippen LogP) is 2.51. The fourth-order valence-electron chi connectivity index (χ4n) is 4.31. The second-order valence-electron chi connectivity index (χ2n) is 7.26. The molecule has 0 radical (unpaired) electrons. The van der Waals surface area contributed by atoms with E-state index in [1.54, 1.807) is 13.8 Å². The van der Waals surface area contributed by atoms with E-state index in [1.807, 2.05) is 0 Å². The van der Waals surface area contributed by atoms with Gasteiger partial charge in [0.1, 0.15) is 16.5 Å². The minimum absolute atomic E-state index is 0.160. The van der Waals surface area contributed by atoms with Crippen LogP contribution >= 0.6 is 15.9 Å². The van der Waals surface area contributed by atoms with Crippen molar-refractivity contribution in [2.45, 2.75) is 75.0 Å². The van der Waals surface area contributed by atoms with Gasteiger partial charge in [-0.1, -0.05) is 22.9 Å². The fourth-order valence-corrected chi connectivity index (χ4v) is 4.42. The number of carbonyl (C=O) groups excluding carboxylic acids is 3. The molecule has 0 spiro atoms. The molecule has 2 saturated carbocycles. The zero-order chi connectivity index (χ0) is 17.5. The van der Waals surface area contributed by atoms with Crippen molar-refractivity contribution in [3.63, 3.8) is 0 Å². The topological polar surface area (TPSA) is 78.9 Å². The molecule has 0 aromatic carbocycles. The van der Waals surface area contributed by atoms with E-state index in [2.05, 4.69) is 15.9 Å². The third-order valence-electron chi connectivity index (χ3n) is 5.24. The zero-order valence-corrected chi connectivity index (χ0v) is 15.5. The molecule has 0 aromatic heterocycles. The Morgan fingerprint density at radius 2 is 2.04 bits per heavy atom. The molecule has 4 bridgehead atoms. The average molecular weight is 403 g/mol. The number of hydrogen-bond acceptors (Lipinski definition) is 6. The van der Waals surface area contributed by atoms with Gasteiger partial charge in [0.2, 0.25) is 0 Å². The van der Waals surface area contributed by atoms with Crippen LogP contribution < -0.4 is 0 Å². The number of esters is 3. The molecule has 0 aromatic rings. The highest BCUT2D eigenvalue weighted by molar-refractivity contribution is 9.10. The van der Waals surface area contributed by atoms with Crippen LogP contribution in [0.15, 0.2) is 0 Å². The average Bonchev–Trinajstić information content (AvgIpc) is 2.65. The van der Waals surface area contributed by atoms with Gasteiger partial charge in [0, 0.05) is 12.8 Å². The lowest BCUT2D eigenvalue weighted by molar-refractivity contribution is -0.189. The highest BCUT2D eigenvalue weighted by atomic mass is 79.9. The second-order valence-corrected chi connectivity index (χ2v) is 8.63. The Kier molecular flexibility index (Phi) is 4.91. The van der Waals surface area contributed by atoms with Crippen LogP contribution in [-0.4, -0.2) is 40.5 Å². The maximum Gasteiger partial charge on any atom is 0.347 e. The number of halogens is 1. The Balaban J connectivity index is 1.71. The number of alkyl halides is 1. The normalized spacial score (nSPS) is 36.5. The molecule has 4 rings (SSSR count). The van der Waals surface area contributed by atoms with Crippen LogP contribution in [0.2, 0.25) is 0 Å². The summed E-state index contributed by atoms with van der Waals surface area (Å²) in [7, 11) is 0. The van der Waals surface area contributed by atoms with Crippen LogP contribution in [0.1, 0.15) is 52.4 Å². The lowest BCUT2D eigenvalue weighted by atomic mass is 9.65. The van der Waals surface area contributed by atoms with Crippen molar-refractivity contribution in [2.75, 3.05) is 0 Å². The maximum absolute atomic E-state index is 12.6. The highest BCUT2D eigenvalue weighted by Gasteiger charge is 2.55. The van der Waals surface area contributed by atoms with E-state index >= 15 is 0 Å². The molecule has 0 N–H and O–H groups in total. The van der Waals surface area contributed by atoms with Gasteiger partial charge in [-0.3, -0.25) is 9.59 Å². The molecule has 4 aliphatic rings. The Hall–Kier alpha value is -1.11. The summed E-state index contributed by atoms with van der Waals surface area (Å²) in [6.07, 6.45) is 2.79. The highest BCUT2D eigenvalue weighted by Crippen LogP contribution is 2.51. The Morgan fingerprint density at radius 3 is 2.71 bits per heavy atom. The van der Waals surface area contributed by atoms with E-state index in [0.717, 1.165) is 19.3 Å². The Morgan fingerprint density at radius 1 is 1.29 bits per heavy atom. The van der Waals surface area contributed by atoms with Crippen LogP contribution in [0.4, 0.5) is 0 Å². The largest absolute Gasteiger partial charge is 0.462 e. The Bertz CT molecular complexity index is 547. The van der Waals surface area contributed by atoms with Gasteiger partial charge in [0.15, 0.2) is 6.10 Å². The minimum Gasteiger partial charge on any atom is -0.462 e. The van der Waals surface area contributed by atoms with Gasteiger partial charge in [0.25, 0.3) is 0 Å². The van der Waals surface area contributed by atoms with Crippen molar-refractivity contribution >= 4 is 33.8 Å². The summed E-state index contributed by atoms with van der Waals surface area (Å²) >= 11 is 3.14. The molecule has 2 heterocycles. The third kappa shape index (κ3) is 3.46. The summed E-state index contributed by atoms with van der Waals surface area (Å²) in [6.45, 7) is 3.42. The summed E-state index contributed by atoms with van der Waals surface area (Å²) in [5.74, 6) is -0.999. The van der Waals surface area contributed by atoms with Crippen molar-refractivity contribution in [1.29, 1.82) is 0 Å². The number of rotatable bonds is 5. The zero-order valence-electron chi connectivity index (χ0n) is 14.0. The van der Waals surface area contributed by atoms with Crippen molar-refractivity contribution in [3.8, 4) is 0 Å². The van der Waals surface area contributed by atoms with Gasteiger partial charge >= 0.3 is 17.9 Å². The first-order valence-electron chi connectivity index (χ1n) is 8.60. The number of fused-ring (bicyclic) bond motifs is 1. The van der Waals surface area contributed by atoms with Crippen molar-refractivity contribution in [1.82, 2.24) is 0 Å². The van der Waals surface area contributed by atoms with Crippen LogP contribution in [-0.2, 0) is 28.6 Å². The van der Waals surface area contributed by atoms with Gasteiger partial charge in [0.05, 0.1) is 5.92 Å². The molecule has 6 unspecified atom stereocenters. The summed E-state index contributed by atoms with van der Waals surface area (Å²) in [6, 6.07) is 0. The van der Waals surface area contributed by atoms with Gasteiger partial charge in [-0.2, -0.15) is 0 Å². The van der Waals surface area contributed by atoms with Gasteiger partial charge in [-0.05, 0) is 38.5 Å². The molecule has 24 heavy (non-hydrogen) atoms. The van der Waals surface area contributed by atoms with E-state index in [0.29, 0.717) is 25.2 Å². The van der Waals surface area contributed by atoms with Gasteiger partial charge < -0.3 is 14.2 Å². The van der Waals surface area contributed by atoms with E-state index in [4.69, 9.17) is 14.2 Å². The first kappa shape index (κ1) is 17.7. The smallest absolute Gasteiger partial charge is 0.347 e. The molecule has 2 aliphatic carbocycles. The van der Waals surface area contributed by atoms with Gasteiger partial charge in [-0.25, -0.2) is 4.79 Å². The van der Waals surface area contributed by atoms with Crippen LogP contribution in [0.25, 0.3) is 0 Å². The van der Waals surface area contributed by atoms with E-state index in [1.165, 1.54) is 0 Å². The van der Waals surface area contributed by atoms with E-state index in [-0.39, 0.29) is 18.0 Å². The summed E-state index contributed by atoms with van der Waals surface area (Å²) in [5.41, 5.74) is -0.653. The Labute approximate surface area is 149 Å². The fraction of sp³-hybridized carbons (Fsp3) is 0.824. The molecule has 6 atom stereocenters. The van der Waals surface area contributed by atoms with Crippen LogP contribution in [0.3, 0.4) is 0 Å². The first-order chi connectivity index (χ1) is 11.3. The SMILES string of the molecule is CCC(OC(=O)C(C)Br)C(=O)OC12CC3CC(C1)OC(=O)C(C3)C2. The molecule has 0 amide bonds. The first-order valence-corrected chi connectivity index (χ1v) is 9.51. The number of carbonyl (C=O) groups is 3. The second kappa shape index (κ2) is 6.65. The summed E-state index contributed by atoms with van der Waals surface area (Å²) in [5, 5.41) is 0. The standard InChI is InChI=1S/C17H23BrO6/c1-3-13(23-14(19)9(2)18)16(21)24-17-6-10-4-11(7-17)15(20)22-12(5-10)8-17/h9-13H,3-8H2,1-2H3. The molecular formula is C17H23BrO6. The van der Waals surface area contributed by atoms with E-state index in [9.17, 15) is 14.4 Å². The van der Waals surface area contributed by atoms with Crippen LogP contribution in [0, 0.1) is 11.8 Å². The van der Waals surface area contributed by atoms with Crippen molar-refractivity contribution in [3.05, 3.63) is 0 Å². The quantitative estimate of drug-likeness (QED) is 0.399. The van der Waals surface area contributed by atoms with Gasteiger partial charge in [-0.15, -0.1) is 0 Å². The number of hydrogen-bond donors (Lipinski definition) is 0. The lowest BCUT2D eigenvalue weighted by Gasteiger charge is -2.45. The number of ether oxygens (including phenoxy) is 3. The molecule has 134 valence electrons. The lowest BCUT2D eigenvalue weighted by Crippen LogP contribution is -2.49. The van der Waals surface area contributed by atoms with Crippen molar-refractivity contribution < 1.29 is 28.6 Å². The predicted molar refractivity (Wildman–Crippen MR) is 87.3 cm³/mol. The van der Waals surface area contributed by atoms with Crippen LogP contribution in [0.5, 0.6) is 0 Å². The molecule has 6 nitrogen and oxygen atoms in total. The van der Waals surface area contributed by atoms with E-state index < -0.39 is 28.5 Å². The summed E-state index contributed by atoms with van der Waals surface area (Å²) in [4.78, 5) is 35.9.